The molecular weight excluding hydrogens is 300 g/mol. The Hall–Kier alpha value is -1.82. The molecule has 0 radical (unpaired) electrons. The number of aromatic carboxylic acids is 1. The second kappa shape index (κ2) is 5.22. The number of hydrogen-bond acceptors (Lipinski definition) is 3. The molecule has 5 nitrogen and oxygen atoms in total. The van der Waals surface area contributed by atoms with Crippen molar-refractivity contribution in [3.8, 4) is 5.88 Å². The van der Waals surface area contributed by atoms with Crippen LogP contribution >= 0.6 is 15.9 Å². The number of halogens is 1. The first-order valence-electron chi connectivity index (χ1n) is 5.20. The van der Waals surface area contributed by atoms with Gasteiger partial charge in [-0.25, -0.2) is 4.79 Å². The number of carboxylic acid groups (broad SMARTS) is 1. The molecule has 1 aromatic heterocycles. The predicted octanol–water partition coefficient (Wildman–Crippen LogP) is 2.46. The summed E-state index contributed by atoms with van der Waals surface area (Å²) in [4.78, 5) is 11.0. The maximum absolute atomic E-state index is 11.0. The molecule has 0 saturated heterocycles. The lowest BCUT2D eigenvalue weighted by Crippen LogP contribution is -2.01. The molecule has 0 amide bonds. The molecule has 6 heteroatoms. The molecule has 1 N–H and O–H groups in total. The van der Waals surface area contributed by atoms with Crippen LogP contribution < -0.4 is 4.74 Å². The number of hydrogen-bond donors (Lipinski definition) is 1. The number of aryl methyl sites for hydroxylation is 1. The molecule has 0 aliphatic heterocycles. The normalized spacial score (nSPS) is 10.3. The van der Waals surface area contributed by atoms with Gasteiger partial charge in [0.2, 0.25) is 5.88 Å². The monoisotopic (exact) mass is 310 g/mol. The summed E-state index contributed by atoms with van der Waals surface area (Å²) < 4.78 is 7.82. The minimum atomic E-state index is -1.05. The highest BCUT2D eigenvalue weighted by molar-refractivity contribution is 9.10. The number of ether oxygens (including phenoxy) is 1. The van der Waals surface area contributed by atoms with Crippen molar-refractivity contribution >= 4 is 21.9 Å². The topological polar surface area (TPSA) is 64.4 Å². The SMILES string of the molecule is Cn1cc(C(=O)O)c(OCc2ccc(Br)cc2)n1. The zero-order chi connectivity index (χ0) is 13.1. The van der Waals surface area contributed by atoms with Gasteiger partial charge < -0.3 is 9.84 Å². The van der Waals surface area contributed by atoms with Crippen molar-refractivity contribution in [3.63, 3.8) is 0 Å². The highest BCUT2D eigenvalue weighted by Gasteiger charge is 2.15. The molecule has 0 aliphatic carbocycles. The fourth-order valence-electron chi connectivity index (χ4n) is 1.45. The predicted molar refractivity (Wildman–Crippen MR) is 68.6 cm³/mol. The van der Waals surface area contributed by atoms with Gasteiger partial charge in [-0.15, -0.1) is 5.10 Å². The average Bonchev–Trinajstić information content (AvgIpc) is 2.70. The molecule has 0 fully saturated rings. The zero-order valence-corrected chi connectivity index (χ0v) is 11.2. The Kier molecular flexibility index (Phi) is 3.66. The summed E-state index contributed by atoms with van der Waals surface area (Å²) in [6.45, 7) is 0.282. The van der Waals surface area contributed by atoms with Gasteiger partial charge in [0, 0.05) is 17.7 Å². The van der Waals surface area contributed by atoms with E-state index in [4.69, 9.17) is 9.84 Å². The Labute approximate surface area is 112 Å². The van der Waals surface area contributed by atoms with E-state index in [9.17, 15) is 4.79 Å². The third kappa shape index (κ3) is 2.89. The van der Waals surface area contributed by atoms with Gasteiger partial charge in [0.15, 0.2) is 0 Å². The highest BCUT2D eigenvalue weighted by atomic mass is 79.9. The van der Waals surface area contributed by atoms with E-state index in [2.05, 4.69) is 21.0 Å². The third-order valence-corrected chi connectivity index (χ3v) is 2.84. The Morgan fingerprint density at radius 2 is 2.11 bits per heavy atom. The number of benzene rings is 1. The quantitative estimate of drug-likeness (QED) is 0.942. The highest BCUT2D eigenvalue weighted by Crippen LogP contribution is 2.17. The molecule has 2 aromatic rings. The Balaban J connectivity index is 2.10. The molecule has 2 rings (SSSR count). The van der Waals surface area contributed by atoms with Gasteiger partial charge in [0.05, 0.1) is 0 Å². The lowest BCUT2D eigenvalue weighted by molar-refractivity contribution is 0.0691. The first-order chi connectivity index (χ1) is 8.56. The van der Waals surface area contributed by atoms with E-state index in [1.165, 1.54) is 10.9 Å². The van der Waals surface area contributed by atoms with Crippen LogP contribution in [-0.2, 0) is 13.7 Å². The van der Waals surface area contributed by atoms with Crippen molar-refractivity contribution in [3.05, 3.63) is 46.1 Å². The van der Waals surface area contributed by atoms with Crippen molar-refractivity contribution in [1.82, 2.24) is 9.78 Å². The maximum atomic E-state index is 11.0. The smallest absolute Gasteiger partial charge is 0.342 e. The van der Waals surface area contributed by atoms with Crippen molar-refractivity contribution in [2.45, 2.75) is 6.61 Å². The van der Waals surface area contributed by atoms with Crippen molar-refractivity contribution in [2.75, 3.05) is 0 Å². The molecule has 0 aliphatic rings. The van der Waals surface area contributed by atoms with Crippen LogP contribution in [0.3, 0.4) is 0 Å². The minimum absolute atomic E-state index is 0.0645. The lowest BCUT2D eigenvalue weighted by atomic mass is 10.2. The summed E-state index contributed by atoms with van der Waals surface area (Å²) in [7, 11) is 1.65. The fourth-order valence-corrected chi connectivity index (χ4v) is 1.72. The molecule has 0 unspecified atom stereocenters. The van der Waals surface area contributed by atoms with Crippen molar-refractivity contribution in [1.29, 1.82) is 0 Å². The first-order valence-corrected chi connectivity index (χ1v) is 6.00. The van der Waals surface area contributed by atoms with Crippen molar-refractivity contribution in [2.24, 2.45) is 7.05 Å². The van der Waals surface area contributed by atoms with Gasteiger partial charge in [0.25, 0.3) is 0 Å². The molecule has 94 valence electrons. The number of nitrogens with zero attached hydrogens (tertiary/aromatic N) is 2. The third-order valence-electron chi connectivity index (χ3n) is 2.31. The van der Waals surface area contributed by atoms with E-state index >= 15 is 0 Å². The van der Waals surface area contributed by atoms with Crippen LogP contribution in [0.2, 0.25) is 0 Å². The second-order valence-electron chi connectivity index (χ2n) is 3.74. The van der Waals surface area contributed by atoms with Gasteiger partial charge in [-0.1, -0.05) is 28.1 Å². The van der Waals surface area contributed by atoms with Gasteiger partial charge in [-0.05, 0) is 17.7 Å². The summed E-state index contributed by atoms with van der Waals surface area (Å²) in [6.07, 6.45) is 1.42. The molecule has 0 spiro atoms. The summed E-state index contributed by atoms with van der Waals surface area (Å²) in [6, 6.07) is 7.59. The average molecular weight is 311 g/mol. The largest absolute Gasteiger partial charge is 0.477 e. The molecule has 0 saturated carbocycles. The molecule has 1 aromatic carbocycles. The van der Waals surface area contributed by atoms with E-state index in [1.807, 2.05) is 24.3 Å². The maximum Gasteiger partial charge on any atom is 0.342 e. The molecule has 18 heavy (non-hydrogen) atoms. The standard InChI is InChI=1S/C12H11BrN2O3/c1-15-6-10(12(16)17)11(14-15)18-7-8-2-4-9(13)5-3-8/h2-6H,7H2,1H3,(H,16,17). The van der Waals surface area contributed by atoms with E-state index in [1.54, 1.807) is 7.05 Å². The molecule has 1 heterocycles. The van der Waals surface area contributed by atoms with Gasteiger partial charge in [0.1, 0.15) is 12.2 Å². The van der Waals surface area contributed by atoms with Crippen LogP contribution in [0.15, 0.2) is 34.9 Å². The number of rotatable bonds is 4. The number of carboxylic acids is 1. The first kappa shape index (κ1) is 12.6. The van der Waals surface area contributed by atoms with Gasteiger partial charge in [-0.2, -0.15) is 0 Å². The summed E-state index contributed by atoms with van der Waals surface area (Å²) in [5, 5.41) is 12.9. The minimum Gasteiger partial charge on any atom is -0.477 e. The van der Waals surface area contributed by atoms with E-state index in [-0.39, 0.29) is 18.1 Å². The summed E-state index contributed by atoms with van der Waals surface area (Å²) >= 11 is 3.34. The molecule has 0 atom stereocenters. The van der Waals surface area contributed by atoms with Crippen LogP contribution in [0.5, 0.6) is 5.88 Å². The van der Waals surface area contributed by atoms with Crippen LogP contribution in [0.25, 0.3) is 0 Å². The van der Waals surface area contributed by atoms with E-state index in [0.29, 0.717) is 0 Å². The number of aromatic nitrogens is 2. The second-order valence-corrected chi connectivity index (χ2v) is 4.66. The Morgan fingerprint density at radius 3 is 2.72 bits per heavy atom. The van der Waals surface area contributed by atoms with E-state index < -0.39 is 5.97 Å². The van der Waals surface area contributed by atoms with Crippen LogP contribution in [0.4, 0.5) is 0 Å². The fraction of sp³-hybridized carbons (Fsp3) is 0.167. The van der Waals surface area contributed by atoms with Crippen LogP contribution in [0.1, 0.15) is 15.9 Å². The Morgan fingerprint density at radius 1 is 1.44 bits per heavy atom. The molecular formula is C12H11BrN2O3. The van der Waals surface area contributed by atoms with Crippen LogP contribution in [-0.4, -0.2) is 20.9 Å². The zero-order valence-electron chi connectivity index (χ0n) is 9.63. The number of carbonyl (C=O) groups is 1. The molecule has 0 bridgehead atoms. The van der Waals surface area contributed by atoms with Gasteiger partial charge in [-0.3, -0.25) is 4.68 Å². The summed E-state index contributed by atoms with van der Waals surface area (Å²) in [5.74, 6) is -0.915. The van der Waals surface area contributed by atoms with E-state index in [0.717, 1.165) is 10.0 Å². The lowest BCUT2D eigenvalue weighted by Gasteiger charge is -2.04. The van der Waals surface area contributed by atoms with Crippen LogP contribution in [0, 0.1) is 0 Å². The Bertz CT molecular complexity index is 563. The van der Waals surface area contributed by atoms with Crippen molar-refractivity contribution < 1.29 is 14.6 Å². The van der Waals surface area contributed by atoms with Gasteiger partial charge >= 0.3 is 5.97 Å². The summed E-state index contributed by atoms with van der Waals surface area (Å²) in [5.41, 5.74) is 1.01.